The Kier molecular flexibility index (Phi) is 3.87. The molecule has 0 aromatic heterocycles. The number of rotatable bonds is 2. The van der Waals surface area contributed by atoms with Crippen LogP contribution in [0.4, 0.5) is 0 Å². The summed E-state index contributed by atoms with van der Waals surface area (Å²) >= 11 is -1.43. The van der Waals surface area contributed by atoms with E-state index in [1.165, 1.54) is 0 Å². The Morgan fingerprint density at radius 3 is 2.50 bits per heavy atom. The summed E-state index contributed by atoms with van der Waals surface area (Å²) in [6, 6.07) is 0. The molecule has 1 N–H and O–H groups in total. The summed E-state index contributed by atoms with van der Waals surface area (Å²) < 4.78 is 9.49. The molecule has 0 radical (unpaired) electrons. The second-order valence-corrected chi connectivity index (χ2v) is 5.05. The second kappa shape index (κ2) is 3.61. The molecular formula is C4H9IO. The van der Waals surface area contributed by atoms with E-state index in [4.69, 9.17) is 3.44 Å². The Bertz CT molecular complexity index is 42.8. The monoisotopic (exact) mass is 200 g/mol. The predicted molar refractivity (Wildman–Crippen MR) is 37.2 cm³/mol. The van der Waals surface area contributed by atoms with Crippen molar-refractivity contribution in [2.45, 2.75) is 0 Å². The topological polar surface area (TPSA) is 20.2 Å². The van der Waals surface area contributed by atoms with Gasteiger partial charge in [-0.3, -0.25) is 0 Å². The van der Waals surface area contributed by atoms with Crippen LogP contribution in [0.3, 0.4) is 0 Å². The van der Waals surface area contributed by atoms with Crippen LogP contribution in [0.15, 0.2) is 12.7 Å². The molecule has 2 heteroatoms. The fourth-order valence-corrected chi connectivity index (χ4v) is 1.06. The van der Waals surface area contributed by atoms with Gasteiger partial charge in [-0.1, -0.05) is 0 Å². The molecular weight excluding hydrogens is 191 g/mol. The summed E-state index contributed by atoms with van der Waals surface area (Å²) in [5, 5.41) is 0. The molecule has 0 fully saturated rings. The minimum atomic E-state index is -1.43. The van der Waals surface area contributed by atoms with Crippen molar-refractivity contribution >= 4 is 20.2 Å². The van der Waals surface area contributed by atoms with E-state index in [9.17, 15) is 0 Å². The van der Waals surface area contributed by atoms with Crippen molar-refractivity contribution in [1.82, 2.24) is 0 Å². The zero-order valence-electron chi connectivity index (χ0n) is 3.82. The average molecular weight is 200 g/mol. The first-order valence-corrected chi connectivity index (χ1v) is 6.28. The van der Waals surface area contributed by atoms with Crippen LogP contribution >= 0.6 is 20.2 Å². The van der Waals surface area contributed by atoms with E-state index in [1.54, 1.807) is 6.08 Å². The first kappa shape index (κ1) is 6.43. The first-order valence-electron chi connectivity index (χ1n) is 1.63. The molecule has 0 heterocycles. The summed E-state index contributed by atoms with van der Waals surface area (Å²) in [6.07, 6.45) is 1.77. The Labute approximate surface area is 46.0 Å². The SMILES string of the molecule is C=CCI(C)O. The van der Waals surface area contributed by atoms with Gasteiger partial charge in [0.25, 0.3) is 0 Å². The third-order valence-electron chi connectivity index (χ3n) is 0.332. The molecule has 6 heavy (non-hydrogen) atoms. The normalized spacial score (nSPS) is 10.7. The van der Waals surface area contributed by atoms with Crippen molar-refractivity contribution in [3.05, 3.63) is 12.7 Å². The van der Waals surface area contributed by atoms with Crippen LogP contribution < -0.4 is 0 Å². The number of hydrogen-bond donors (Lipinski definition) is 1. The van der Waals surface area contributed by atoms with E-state index in [1.807, 2.05) is 4.93 Å². The van der Waals surface area contributed by atoms with E-state index in [2.05, 4.69) is 6.58 Å². The average Bonchev–Trinajstić information content (AvgIpc) is 1.35. The first-order chi connectivity index (χ1) is 2.77. The quantitative estimate of drug-likeness (QED) is 0.403. The molecule has 0 rings (SSSR count). The van der Waals surface area contributed by atoms with E-state index < -0.39 is 20.2 Å². The molecule has 0 bridgehead atoms. The summed E-state index contributed by atoms with van der Waals surface area (Å²) in [5.41, 5.74) is 0. The van der Waals surface area contributed by atoms with Gasteiger partial charge < -0.3 is 0 Å². The van der Waals surface area contributed by atoms with Crippen LogP contribution in [-0.2, 0) is 0 Å². The number of hydrogen-bond acceptors (Lipinski definition) is 1. The van der Waals surface area contributed by atoms with Crippen molar-refractivity contribution < 1.29 is 3.44 Å². The fourth-order valence-electron chi connectivity index (χ4n) is 0.158. The summed E-state index contributed by atoms with van der Waals surface area (Å²) in [4.78, 5) is 1.89. The number of halogens is 1. The molecule has 0 aromatic rings. The van der Waals surface area contributed by atoms with Gasteiger partial charge in [0.2, 0.25) is 0 Å². The molecule has 0 atom stereocenters. The van der Waals surface area contributed by atoms with E-state index in [0.29, 0.717) is 0 Å². The molecule has 0 spiro atoms. The summed E-state index contributed by atoms with van der Waals surface area (Å²) in [5.74, 6) is 0. The van der Waals surface area contributed by atoms with Gasteiger partial charge in [-0.2, -0.15) is 0 Å². The van der Waals surface area contributed by atoms with Crippen molar-refractivity contribution in [3.8, 4) is 0 Å². The third-order valence-corrected chi connectivity index (χ3v) is 2.23. The maximum atomic E-state index is 8.64. The molecule has 0 saturated carbocycles. The Hall–Kier alpha value is 0.430. The van der Waals surface area contributed by atoms with Gasteiger partial charge >= 0.3 is 45.7 Å². The molecule has 0 aromatic carbocycles. The van der Waals surface area contributed by atoms with Crippen LogP contribution in [0.1, 0.15) is 0 Å². The summed E-state index contributed by atoms with van der Waals surface area (Å²) in [6.45, 7) is 3.48. The number of allylic oxidation sites excluding steroid dienone is 1. The minimum absolute atomic E-state index is 0.851. The molecule has 0 aliphatic carbocycles. The van der Waals surface area contributed by atoms with E-state index in [0.717, 1.165) is 4.43 Å². The molecule has 38 valence electrons. The van der Waals surface area contributed by atoms with Gasteiger partial charge in [0.15, 0.2) is 0 Å². The molecule has 0 aliphatic rings. The second-order valence-electron chi connectivity index (χ2n) is 0.999. The van der Waals surface area contributed by atoms with Crippen LogP contribution in [0, 0.1) is 0 Å². The third kappa shape index (κ3) is 4.43. The van der Waals surface area contributed by atoms with Crippen LogP contribution in [0.5, 0.6) is 0 Å². The standard InChI is InChI=1S/C4H9IO/c1-3-4-5(2)6/h3,6H,1,4H2,2H3. The summed E-state index contributed by atoms with van der Waals surface area (Å²) in [7, 11) is 0. The van der Waals surface area contributed by atoms with E-state index in [-0.39, 0.29) is 0 Å². The van der Waals surface area contributed by atoms with Crippen molar-refractivity contribution in [1.29, 1.82) is 0 Å². The van der Waals surface area contributed by atoms with E-state index >= 15 is 0 Å². The van der Waals surface area contributed by atoms with Crippen LogP contribution in [-0.4, -0.2) is 12.8 Å². The maximum absolute atomic E-state index is 8.64. The molecule has 0 saturated heterocycles. The molecule has 0 unspecified atom stereocenters. The molecule has 1 nitrogen and oxygen atoms in total. The van der Waals surface area contributed by atoms with Gasteiger partial charge in [0.05, 0.1) is 0 Å². The molecule has 0 amide bonds. The zero-order chi connectivity index (χ0) is 4.99. The van der Waals surface area contributed by atoms with Gasteiger partial charge in [-0.25, -0.2) is 0 Å². The molecule has 0 aliphatic heterocycles. The van der Waals surface area contributed by atoms with Crippen molar-refractivity contribution in [2.24, 2.45) is 0 Å². The van der Waals surface area contributed by atoms with Gasteiger partial charge in [0, 0.05) is 0 Å². The van der Waals surface area contributed by atoms with Gasteiger partial charge in [-0.15, -0.1) is 0 Å². The van der Waals surface area contributed by atoms with Crippen molar-refractivity contribution in [2.75, 3.05) is 9.36 Å². The van der Waals surface area contributed by atoms with Gasteiger partial charge in [0.1, 0.15) is 0 Å². The van der Waals surface area contributed by atoms with Gasteiger partial charge in [-0.05, 0) is 0 Å². The predicted octanol–water partition coefficient (Wildman–Crippen LogP) is 1.22. The fraction of sp³-hybridized carbons (Fsp3) is 0.500. The Balaban J connectivity index is 2.81. The zero-order valence-corrected chi connectivity index (χ0v) is 5.97. The van der Waals surface area contributed by atoms with Crippen LogP contribution in [0.2, 0.25) is 0 Å². The number of alkyl halides is 2. The van der Waals surface area contributed by atoms with Crippen molar-refractivity contribution in [3.63, 3.8) is 0 Å². The Morgan fingerprint density at radius 1 is 2.00 bits per heavy atom. The Morgan fingerprint density at radius 2 is 2.50 bits per heavy atom. The van der Waals surface area contributed by atoms with Crippen LogP contribution in [0.25, 0.3) is 0 Å².